The van der Waals surface area contributed by atoms with Gasteiger partial charge in [-0.1, -0.05) is 30.4 Å². The summed E-state index contributed by atoms with van der Waals surface area (Å²) < 4.78 is 29.7. The molecule has 7 nitrogen and oxygen atoms in total. The normalized spacial score (nSPS) is 26.2. The Bertz CT molecular complexity index is 890. The molecule has 2 amide bonds. The summed E-state index contributed by atoms with van der Waals surface area (Å²) in [7, 11) is 0. The number of benzene rings is 1. The Labute approximate surface area is 185 Å². The fourth-order valence-corrected chi connectivity index (χ4v) is 4.98. The van der Waals surface area contributed by atoms with Crippen LogP contribution in [0.15, 0.2) is 41.4 Å². The van der Waals surface area contributed by atoms with Crippen molar-refractivity contribution in [3.05, 3.63) is 42.0 Å². The molecule has 2 N–H and O–H groups in total. The molecule has 0 aromatic heterocycles. The number of imide groups is 1. The third kappa shape index (κ3) is 4.47. The van der Waals surface area contributed by atoms with Gasteiger partial charge in [0.2, 0.25) is 11.8 Å². The minimum Gasteiger partial charge on any atom is -0.434 e. The number of fused-ring (bicyclic) bond motifs is 5. The summed E-state index contributed by atoms with van der Waals surface area (Å²) in [4.78, 5) is 31.3. The molecule has 1 aromatic rings. The van der Waals surface area contributed by atoms with Gasteiger partial charge in [0.1, 0.15) is 5.75 Å². The van der Waals surface area contributed by atoms with Crippen LogP contribution < -0.4 is 15.4 Å². The molecule has 9 heteroatoms. The molecule has 1 saturated carbocycles. The number of alkyl halides is 2. The van der Waals surface area contributed by atoms with Crippen LogP contribution >= 0.6 is 0 Å². The number of carbonyl (C=O) groups is 2. The van der Waals surface area contributed by atoms with Crippen LogP contribution in [0.25, 0.3) is 0 Å². The Morgan fingerprint density at radius 3 is 2.50 bits per heavy atom. The highest BCUT2D eigenvalue weighted by molar-refractivity contribution is 6.06. The van der Waals surface area contributed by atoms with Gasteiger partial charge in [-0.3, -0.25) is 14.5 Å². The van der Waals surface area contributed by atoms with Gasteiger partial charge in [-0.15, -0.1) is 0 Å². The number of likely N-dealkylation sites (tertiary alicyclic amines) is 1. The van der Waals surface area contributed by atoms with E-state index in [4.69, 9.17) is 0 Å². The van der Waals surface area contributed by atoms with E-state index in [0.717, 1.165) is 6.42 Å². The maximum atomic E-state index is 12.7. The second-order valence-electron chi connectivity index (χ2n) is 8.29. The number of allylic oxidation sites excluding steroid dienone is 2. The van der Waals surface area contributed by atoms with Crippen LogP contribution in [-0.2, 0) is 16.1 Å². The first-order valence-corrected chi connectivity index (χ1v) is 11.1. The third-order valence-electron chi connectivity index (χ3n) is 6.35. The second-order valence-corrected chi connectivity index (χ2v) is 8.29. The lowest BCUT2D eigenvalue weighted by Gasteiger charge is -2.18. The summed E-state index contributed by atoms with van der Waals surface area (Å²) in [6, 6.07) is 6.54. The summed E-state index contributed by atoms with van der Waals surface area (Å²) in [6.45, 7) is 0.713. The van der Waals surface area contributed by atoms with Gasteiger partial charge in [-0.25, -0.2) is 4.99 Å². The second kappa shape index (κ2) is 9.67. The van der Waals surface area contributed by atoms with E-state index in [1.54, 1.807) is 18.2 Å². The van der Waals surface area contributed by atoms with Crippen LogP contribution in [0.3, 0.4) is 0 Å². The lowest BCUT2D eigenvalue weighted by atomic mass is 9.85. The van der Waals surface area contributed by atoms with Crippen LogP contribution in [0.2, 0.25) is 0 Å². The molecule has 4 unspecified atom stereocenters. The molecule has 1 aromatic carbocycles. The molecule has 0 spiro atoms. The number of amides is 2. The molecule has 3 aliphatic rings. The standard InChI is InChI=1S/C23H28F2N4O3/c1-2-26-23(28-13-16-6-3-4-7-17(16)32-22(24)25)27-10-5-11-29-20(30)18-14-8-9-15(12-14)19(18)21(29)31/h3-4,6-9,14-15,18-19,22H,2,5,10-13H2,1H3,(H2,26,27,28). The summed E-state index contributed by atoms with van der Waals surface area (Å²) >= 11 is 0. The van der Waals surface area contributed by atoms with Gasteiger partial charge in [0.25, 0.3) is 0 Å². The van der Waals surface area contributed by atoms with E-state index >= 15 is 0 Å². The van der Waals surface area contributed by atoms with Crippen LogP contribution in [-0.4, -0.2) is 48.9 Å². The molecule has 4 rings (SSSR count). The van der Waals surface area contributed by atoms with Gasteiger partial charge in [0.05, 0.1) is 18.4 Å². The van der Waals surface area contributed by atoms with E-state index in [-0.39, 0.29) is 47.8 Å². The molecule has 0 radical (unpaired) electrons. The van der Waals surface area contributed by atoms with Gasteiger partial charge >= 0.3 is 6.61 Å². The van der Waals surface area contributed by atoms with Gasteiger partial charge in [0.15, 0.2) is 5.96 Å². The summed E-state index contributed by atoms with van der Waals surface area (Å²) in [5.74, 6) is 0.656. The number of nitrogens with zero attached hydrogens (tertiary/aromatic N) is 2. The van der Waals surface area contributed by atoms with Crippen molar-refractivity contribution in [2.24, 2.45) is 28.7 Å². The number of ether oxygens (including phenoxy) is 1. The molecule has 2 aliphatic carbocycles. The number of halogens is 2. The summed E-state index contributed by atoms with van der Waals surface area (Å²) in [6.07, 6.45) is 5.70. The number of para-hydroxylation sites is 1. The van der Waals surface area contributed by atoms with Crippen molar-refractivity contribution in [1.29, 1.82) is 0 Å². The first-order valence-electron chi connectivity index (χ1n) is 11.1. The van der Waals surface area contributed by atoms with E-state index in [0.29, 0.717) is 37.6 Å². The molecule has 2 bridgehead atoms. The number of nitrogens with one attached hydrogen (secondary N) is 2. The molecule has 1 heterocycles. The maximum absolute atomic E-state index is 12.7. The zero-order chi connectivity index (χ0) is 22.7. The van der Waals surface area contributed by atoms with Crippen LogP contribution in [0.1, 0.15) is 25.3 Å². The minimum absolute atomic E-state index is 0.0342. The molecular weight excluding hydrogens is 418 g/mol. The molecular formula is C23H28F2N4O3. The van der Waals surface area contributed by atoms with E-state index < -0.39 is 6.61 Å². The first-order chi connectivity index (χ1) is 15.5. The molecule has 172 valence electrons. The van der Waals surface area contributed by atoms with Crippen LogP contribution in [0.5, 0.6) is 5.75 Å². The Morgan fingerprint density at radius 2 is 1.84 bits per heavy atom. The van der Waals surface area contributed by atoms with Crippen molar-refractivity contribution >= 4 is 17.8 Å². The van der Waals surface area contributed by atoms with Crippen molar-refractivity contribution in [3.8, 4) is 5.75 Å². The first kappa shape index (κ1) is 22.2. The molecule has 32 heavy (non-hydrogen) atoms. The van der Waals surface area contributed by atoms with E-state index in [1.165, 1.54) is 11.0 Å². The zero-order valence-electron chi connectivity index (χ0n) is 18.0. The van der Waals surface area contributed by atoms with Gasteiger partial charge in [-0.2, -0.15) is 8.78 Å². The van der Waals surface area contributed by atoms with Crippen molar-refractivity contribution in [2.45, 2.75) is 32.9 Å². The molecule has 1 aliphatic heterocycles. The Balaban J connectivity index is 1.29. The highest BCUT2D eigenvalue weighted by atomic mass is 19.3. The van der Waals surface area contributed by atoms with Crippen molar-refractivity contribution in [1.82, 2.24) is 15.5 Å². The summed E-state index contributed by atoms with van der Waals surface area (Å²) in [5, 5.41) is 6.28. The SMILES string of the molecule is CCNC(=NCc1ccccc1OC(F)F)NCCCN1C(=O)C2C3C=CC(C3)C2C1=O. The third-order valence-corrected chi connectivity index (χ3v) is 6.35. The van der Waals surface area contributed by atoms with Gasteiger partial charge in [-0.05, 0) is 37.7 Å². The fourth-order valence-electron chi connectivity index (χ4n) is 4.98. The van der Waals surface area contributed by atoms with Gasteiger partial charge < -0.3 is 15.4 Å². The lowest BCUT2D eigenvalue weighted by Crippen LogP contribution is -2.40. The number of hydrogen-bond acceptors (Lipinski definition) is 4. The van der Waals surface area contributed by atoms with E-state index in [1.807, 2.05) is 6.92 Å². The molecule has 2 fully saturated rings. The van der Waals surface area contributed by atoms with Crippen molar-refractivity contribution in [3.63, 3.8) is 0 Å². The molecule has 4 atom stereocenters. The predicted octanol–water partition coefficient (Wildman–Crippen LogP) is 2.54. The highest BCUT2D eigenvalue weighted by Crippen LogP contribution is 2.52. The number of carbonyl (C=O) groups excluding carboxylic acids is 2. The van der Waals surface area contributed by atoms with Crippen LogP contribution in [0, 0.1) is 23.7 Å². The molecule has 1 saturated heterocycles. The average molecular weight is 446 g/mol. The Hall–Kier alpha value is -2.97. The quantitative estimate of drug-likeness (QED) is 0.200. The predicted molar refractivity (Wildman–Crippen MR) is 115 cm³/mol. The van der Waals surface area contributed by atoms with Crippen LogP contribution in [0.4, 0.5) is 8.78 Å². The fraction of sp³-hybridized carbons (Fsp3) is 0.522. The number of guanidine groups is 1. The Morgan fingerprint density at radius 1 is 1.16 bits per heavy atom. The number of rotatable bonds is 9. The number of aliphatic imine (C=N–C) groups is 1. The topological polar surface area (TPSA) is 83.0 Å². The monoisotopic (exact) mass is 446 g/mol. The maximum Gasteiger partial charge on any atom is 0.387 e. The van der Waals surface area contributed by atoms with Crippen molar-refractivity contribution in [2.75, 3.05) is 19.6 Å². The summed E-state index contributed by atoms with van der Waals surface area (Å²) in [5.41, 5.74) is 0.549. The Kier molecular flexibility index (Phi) is 6.72. The largest absolute Gasteiger partial charge is 0.434 e. The lowest BCUT2D eigenvalue weighted by molar-refractivity contribution is -0.140. The number of hydrogen-bond donors (Lipinski definition) is 2. The zero-order valence-corrected chi connectivity index (χ0v) is 18.0. The smallest absolute Gasteiger partial charge is 0.387 e. The van der Waals surface area contributed by atoms with E-state index in [2.05, 4.69) is 32.5 Å². The average Bonchev–Trinajstić information content (AvgIpc) is 3.44. The minimum atomic E-state index is -2.90. The van der Waals surface area contributed by atoms with E-state index in [9.17, 15) is 18.4 Å². The van der Waals surface area contributed by atoms with Gasteiger partial charge in [0, 0.05) is 25.2 Å². The van der Waals surface area contributed by atoms with Crippen molar-refractivity contribution < 1.29 is 23.1 Å². The highest BCUT2D eigenvalue weighted by Gasteiger charge is 2.58.